The van der Waals surface area contributed by atoms with Gasteiger partial charge >= 0.3 is 0 Å². The number of carbonyl (C=O) groups excluding carboxylic acids is 1. The van der Waals surface area contributed by atoms with Crippen molar-refractivity contribution in [1.29, 1.82) is 0 Å². The molecule has 1 aliphatic rings. The number of hydrogen-bond acceptors (Lipinski definition) is 7. The zero-order valence-electron chi connectivity index (χ0n) is 16.3. The molecule has 0 unspecified atom stereocenters. The van der Waals surface area contributed by atoms with Crippen molar-refractivity contribution in [2.24, 2.45) is 5.73 Å². The summed E-state index contributed by atoms with van der Waals surface area (Å²) < 4.78 is 14.9. The van der Waals surface area contributed by atoms with Crippen LogP contribution in [0.4, 0.5) is 0 Å². The summed E-state index contributed by atoms with van der Waals surface area (Å²) >= 11 is 1.53. The van der Waals surface area contributed by atoms with Gasteiger partial charge in [-0.1, -0.05) is 0 Å². The minimum atomic E-state index is -0.605. The van der Waals surface area contributed by atoms with Crippen LogP contribution in [0.25, 0.3) is 27.7 Å². The summed E-state index contributed by atoms with van der Waals surface area (Å²) in [6.45, 7) is 2.74. The average Bonchev–Trinajstić information content (AvgIpc) is 3.48. The Bertz CT molecular complexity index is 1170. The number of nitrogens with two attached hydrogens (primary N) is 1. The van der Waals surface area contributed by atoms with Crippen LogP contribution in [0.5, 0.6) is 0 Å². The molecule has 4 aromatic rings. The Morgan fingerprint density at radius 2 is 2.23 bits per heavy atom. The van der Waals surface area contributed by atoms with E-state index in [0.717, 1.165) is 41.4 Å². The maximum atomic E-state index is 11.3. The fourth-order valence-electron chi connectivity index (χ4n) is 3.56. The molecule has 0 saturated heterocycles. The first-order valence-electron chi connectivity index (χ1n) is 9.68. The number of furan rings is 1. The van der Waals surface area contributed by atoms with Crippen molar-refractivity contribution in [3.8, 4) is 27.7 Å². The molecule has 1 saturated carbocycles. The van der Waals surface area contributed by atoms with Gasteiger partial charge in [0.25, 0.3) is 5.91 Å². The average molecular weight is 424 g/mol. The number of nitrogens with zero attached hydrogens (tertiary/aromatic N) is 5. The minimum Gasteiger partial charge on any atom is -0.451 e. The molecule has 4 aromatic heterocycles. The van der Waals surface area contributed by atoms with Crippen molar-refractivity contribution in [3.63, 3.8) is 0 Å². The van der Waals surface area contributed by atoms with Crippen LogP contribution >= 0.6 is 11.3 Å². The third-order valence-electron chi connectivity index (χ3n) is 5.16. The van der Waals surface area contributed by atoms with E-state index in [-0.39, 0.29) is 5.76 Å². The lowest BCUT2D eigenvalue weighted by molar-refractivity contribution is -0.0226. The van der Waals surface area contributed by atoms with Crippen LogP contribution in [-0.4, -0.2) is 43.2 Å². The summed E-state index contributed by atoms with van der Waals surface area (Å²) in [4.78, 5) is 15.7. The van der Waals surface area contributed by atoms with E-state index in [9.17, 15) is 4.79 Å². The van der Waals surface area contributed by atoms with Gasteiger partial charge in [-0.2, -0.15) is 10.2 Å². The lowest BCUT2D eigenvalue weighted by atomic mass is 9.89. The van der Waals surface area contributed by atoms with Gasteiger partial charge < -0.3 is 14.9 Å². The lowest BCUT2D eigenvalue weighted by Crippen LogP contribution is -2.33. The smallest absolute Gasteiger partial charge is 0.284 e. The van der Waals surface area contributed by atoms with Crippen molar-refractivity contribution in [2.45, 2.75) is 31.9 Å². The standard InChI is InChI=1S/C20H20N6O3S/c1-2-28-14-7-13(8-14)25-11-15(18(24-25)20-22-5-6-30-20)26-10-12(9-23-26)16-3-4-17(29-16)19(21)27/h3-6,9-11,13-14H,2,7-8H2,1H3,(H2,21,27). The number of carbonyl (C=O) groups is 1. The van der Waals surface area contributed by atoms with Crippen LogP contribution < -0.4 is 5.73 Å². The molecule has 30 heavy (non-hydrogen) atoms. The van der Waals surface area contributed by atoms with E-state index >= 15 is 0 Å². The molecule has 1 fully saturated rings. The van der Waals surface area contributed by atoms with Crippen molar-refractivity contribution >= 4 is 17.2 Å². The number of ether oxygens (including phenoxy) is 1. The second kappa shape index (κ2) is 7.54. The van der Waals surface area contributed by atoms with Gasteiger partial charge in [0.1, 0.15) is 22.1 Å². The van der Waals surface area contributed by atoms with Gasteiger partial charge in [0.2, 0.25) is 0 Å². The largest absolute Gasteiger partial charge is 0.451 e. The predicted octanol–water partition coefficient (Wildman–Crippen LogP) is 3.29. The first-order chi connectivity index (χ1) is 14.6. The molecule has 10 heteroatoms. The molecule has 2 N–H and O–H groups in total. The van der Waals surface area contributed by atoms with Crippen LogP contribution in [-0.2, 0) is 4.74 Å². The summed E-state index contributed by atoms with van der Waals surface area (Å²) in [5.41, 5.74) is 7.62. The fraction of sp³-hybridized carbons (Fsp3) is 0.300. The van der Waals surface area contributed by atoms with Crippen molar-refractivity contribution in [1.82, 2.24) is 24.5 Å². The predicted molar refractivity (Wildman–Crippen MR) is 110 cm³/mol. The number of rotatable bonds is 7. The molecule has 0 spiro atoms. The van der Waals surface area contributed by atoms with Crippen molar-refractivity contribution < 1.29 is 13.9 Å². The van der Waals surface area contributed by atoms with Gasteiger partial charge in [-0.3, -0.25) is 9.48 Å². The molecule has 0 radical (unpaired) electrons. The van der Waals surface area contributed by atoms with E-state index in [2.05, 4.69) is 10.1 Å². The minimum absolute atomic E-state index is 0.114. The molecule has 0 aromatic carbocycles. The Morgan fingerprint density at radius 3 is 2.93 bits per heavy atom. The van der Waals surface area contributed by atoms with Crippen molar-refractivity contribution in [3.05, 3.63) is 48.1 Å². The number of aromatic nitrogens is 5. The van der Waals surface area contributed by atoms with Gasteiger partial charge in [0.15, 0.2) is 5.76 Å². The number of amides is 1. The van der Waals surface area contributed by atoms with Gasteiger partial charge in [-0.25, -0.2) is 9.67 Å². The van der Waals surface area contributed by atoms with Gasteiger partial charge in [-0.15, -0.1) is 11.3 Å². The highest BCUT2D eigenvalue weighted by atomic mass is 32.1. The second-order valence-corrected chi connectivity index (χ2v) is 7.98. The number of hydrogen-bond donors (Lipinski definition) is 1. The van der Waals surface area contributed by atoms with Crippen molar-refractivity contribution in [2.75, 3.05) is 6.61 Å². The Balaban J connectivity index is 1.47. The maximum absolute atomic E-state index is 11.3. The van der Waals surface area contributed by atoms with E-state index in [1.165, 1.54) is 11.3 Å². The highest BCUT2D eigenvalue weighted by Gasteiger charge is 2.33. The van der Waals surface area contributed by atoms with Gasteiger partial charge in [0.05, 0.1) is 30.1 Å². The molecule has 9 nitrogen and oxygen atoms in total. The van der Waals surface area contributed by atoms with Crippen LogP contribution in [0.2, 0.25) is 0 Å². The molecule has 1 amide bonds. The Labute approximate surface area is 176 Å². The molecular formula is C20H20N6O3S. The highest BCUT2D eigenvalue weighted by molar-refractivity contribution is 7.13. The Kier molecular flexibility index (Phi) is 4.72. The normalized spacial score (nSPS) is 18.4. The van der Waals surface area contributed by atoms with Crippen LogP contribution in [0.1, 0.15) is 36.4 Å². The molecule has 1 aliphatic carbocycles. The zero-order valence-corrected chi connectivity index (χ0v) is 17.1. The molecule has 0 aliphatic heterocycles. The van der Waals surface area contributed by atoms with E-state index in [4.69, 9.17) is 20.0 Å². The van der Waals surface area contributed by atoms with E-state index in [1.54, 1.807) is 29.2 Å². The summed E-state index contributed by atoms with van der Waals surface area (Å²) in [5.74, 6) is 0.0338. The summed E-state index contributed by atoms with van der Waals surface area (Å²) in [6.07, 6.45) is 9.47. The van der Waals surface area contributed by atoms with E-state index in [1.807, 2.05) is 29.4 Å². The van der Waals surface area contributed by atoms with E-state index in [0.29, 0.717) is 17.9 Å². The van der Waals surface area contributed by atoms with Crippen LogP contribution in [0, 0.1) is 0 Å². The van der Waals surface area contributed by atoms with Gasteiger partial charge in [0, 0.05) is 24.4 Å². The molecule has 4 heterocycles. The third kappa shape index (κ3) is 3.33. The zero-order chi connectivity index (χ0) is 20.7. The second-order valence-electron chi connectivity index (χ2n) is 7.08. The molecular weight excluding hydrogens is 404 g/mol. The Morgan fingerprint density at radius 1 is 1.37 bits per heavy atom. The lowest BCUT2D eigenvalue weighted by Gasteiger charge is -2.34. The van der Waals surface area contributed by atoms with Crippen LogP contribution in [0.15, 0.2) is 46.7 Å². The Hall–Kier alpha value is -3.24. The number of thiazole rings is 1. The quantitative estimate of drug-likeness (QED) is 0.487. The molecule has 0 bridgehead atoms. The highest BCUT2D eigenvalue weighted by Crippen LogP contribution is 2.37. The molecule has 0 atom stereocenters. The number of primary amides is 1. The van der Waals surface area contributed by atoms with E-state index < -0.39 is 5.91 Å². The summed E-state index contributed by atoms with van der Waals surface area (Å²) in [6, 6.07) is 3.56. The maximum Gasteiger partial charge on any atom is 0.284 e. The molecule has 154 valence electrons. The van der Waals surface area contributed by atoms with Crippen LogP contribution in [0.3, 0.4) is 0 Å². The molecule has 5 rings (SSSR count). The first-order valence-corrected chi connectivity index (χ1v) is 10.6. The van der Waals surface area contributed by atoms with Gasteiger partial charge in [-0.05, 0) is 31.9 Å². The monoisotopic (exact) mass is 424 g/mol. The topological polar surface area (TPSA) is 114 Å². The first kappa shape index (κ1) is 18.8. The fourth-order valence-corrected chi connectivity index (χ4v) is 4.19. The summed E-state index contributed by atoms with van der Waals surface area (Å²) in [5, 5.41) is 12.1. The SMILES string of the molecule is CCOC1CC(n2cc(-n3cc(-c4ccc(C(N)=O)o4)cn3)c(-c3nccs3)n2)C1. The summed E-state index contributed by atoms with van der Waals surface area (Å²) in [7, 11) is 0. The third-order valence-corrected chi connectivity index (χ3v) is 5.94.